The Morgan fingerprint density at radius 2 is 0.781 bits per heavy atom. The molecular formula is C64H116NO8+. The molecule has 0 aromatic heterocycles. The minimum absolute atomic E-state index is 0.183. The van der Waals surface area contributed by atoms with E-state index in [0.29, 0.717) is 23.9 Å². The van der Waals surface area contributed by atoms with Crippen molar-refractivity contribution in [1.29, 1.82) is 0 Å². The molecule has 0 saturated carbocycles. The van der Waals surface area contributed by atoms with Gasteiger partial charge in [0, 0.05) is 12.8 Å². The van der Waals surface area contributed by atoms with E-state index in [-0.39, 0.29) is 32.2 Å². The lowest BCUT2D eigenvalue weighted by atomic mass is 10.0. The van der Waals surface area contributed by atoms with Gasteiger partial charge in [-0.15, -0.1) is 0 Å². The van der Waals surface area contributed by atoms with E-state index >= 15 is 0 Å². The lowest BCUT2D eigenvalue weighted by molar-refractivity contribution is -0.870. The molecule has 424 valence electrons. The standard InChI is InChI=1S/C64H115NO8/c1-6-8-10-12-14-16-18-20-22-23-24-25-26-27-28-29-30-31-32-33-34-35-36-37-38-39-41-42-44-46-48-50-52-54-61(66)71-58-60(59-72-64(63(68)69)70-57-56-65(3,4)5)73-62(67)55-53-51-49-47-45-43-40-21-19-17-15-13-11-9-7-2/h9,11,15,17-18,20-21,23-24,40,60,64H,6-8,10,12-14,16,19,22,25-39,41-59H2,1-5H3/p+1/b11-9-,17-15-,20-18-,24-23-,40-21-. The monoisotopic (exact) mass is 1030 g/mol. The summed E-state index contributed by atoms with van der Waals surface area (Å²) in [6, 6.07) is 0. The van der Waals surface area contributed by atoms with Crippen molar-refractivity contribution in [1.82, 2.24) is 0 Å². The molecule has 0 rings (SSSR count). The molecule has 0 fully saturated rings. The molecule has 73 heavy (non-hydrogen) atoms. The van der Waals surface area contributed by atoms with Crippen molar-refractivity contribution in [2.45, 2.75) is 283 Å². The summed E-state index contributed by atoms with van der Waals surface area (Å²) in [5, 5.41) is 9.69. The number of esters is 2. The van der Waals surface area contributed by atoms with E-state index in [4.69, 9.17) is 18.9 Å². The van der Waals surface area contributed by atoms with Gasteiger partial charge >= 0.3 is 17.9 Å². The van der Waals surface area contributed by atoms with Gasteiger partial charge in [-0.25, -0.2) is 4.79 Å². The van der Waals surface area contributed by atoms with Crippen LogP contribution in [0.15, 0.2) is 60.8 Å². The summed E-state index contributed by atoms with van der Waals surface area (Å²) in [5.74, 6) is -2.02. The van der Waals surface area contributed by atoms with Gasteiger partial charge in [0.25, 0.3) is 6.29 Å². The van der Waals surface area contributed by atoms with Gasteiger partial charge < -0.3 is 28.5 Å². The van der Waals surface area contributed by atoms with Gasteiger partial charge in [-0.1, -0.05) is 242 Å². The average Bonchev–Trinajstić information content (AvgIpc) is 3.36. The van der Waals surface area contributed by atoms with Gasteiger partial charge in [-0.3, -0.25) is 9.59 Å². The maximum absolute atomic E-state index is 12.8. The maximum Gasteiger partial charge on any atom is 0.361 e. The Balaban J connectivity index is 4.05. The topological polar surface area (TPSA) is 108 Å². The van der Waals surface area contributed by atoms with Crippen molar-refractivity contribution in [3.05, 3.63) is 60.8 Å². The van der Waals surface area contributed by atoms with Crippen LogP contribution in [0.2, 0.25) is 0 Å². The molecule has 0 saturated heterocycles. The fourth-order valence-electron chi connectivity index (χ4n) is 8.59. The van der Waals surface area contributed by atoms with Crippen LogP contribution in [0.5, 0.6) is 0 Å². The molecule has 0 bridgehead atoms. The Labute approximate surface area is 450 Å². The van der Waals surface area contributed by atoms with Gasteiger partial charge in [-0.2, -0.15) is 0 Å². The average molecular weight is 1030 g/mol. The third-order valence-electron chi connectivity index (χ3n) is 13.3. The van der Waals surface area contributed by atoms with E-state index in [1.807, 2.05) is 21.1 Å². The first-order chi connectivity index (χ1) is 35.6. The quantitative estimate of drug-likeness (QED) is 0.0211. The van der Waals surface area contributed by atoms with Crippen LogP contribution >= 0.6 is 0 Å². The van der Waals surface area contributed by atoms with Crippen molar-refractivity contribution in [3.8, 4) is 0 Å². The molecule has 0 aromatic carbocycles. The van der Waals surface area contributed by atoms with Crippen LogP contribution in [0.25, 0.3) is 0 Å². The Kier molecular flexibility index (Phi) is 53.0. The number of nitrogens with zero attached hydrogens (tertiary/aromatic N) is 1. The van der Waals surface area contributed by atoms with E-state index in [1.54, 1.807) is 0 Å². The van der Waals surface area contributed by atoms with Gasteiger partial charge in [0.2, 0.25) is 0 Å². The second kappa shape index (κ2) is 55.2. The molecule has 9 heteroatoms. The zero-order valence-corrected chi connectivity index (χ0v) is 48.3. The number of rotatable bonds is 56. The van der Waals surface area contributed by atoms with Crippen LogP contribution in [0.1, 0.15) is 271 Å². The van der Waals surface area contributed by atoms with E-state index in [1.165, 1.54) is 161 Å². The highest BCUT2D eigenvalue weighted by atomic mass is 16.7. The lowest BCUT2D eigenvalue weighted by Gasteiger charge is -2.25. The molecule has 0 heterocycles. The number of ether oxygens (including phenoxy) is 4. The summed E-state index contributed by atoms with van der Waals surface area (Å²) in [6.45, 7) is 4.75. The zero-order valence-electron chi connectivity index (χ0n) is 48.3. The van der Waals surface area contributed by atoms with Gasteiger partial charge in [0.15, 0.2) is 6.10 Å². The van der Waals surface area contributed by atoms with Crippen LogP contribution in [0, 0.1) is 0 Å². The SMILES string of the molecule is CC/C=C\C/C=C\C/C=C\CCCCCCCC(=O)OC(COC(=O)CCCCCCCCCCCCCCCCCCCCCCC/C=C\C/C=C\CCCCCCC)COC(OCC[N+](C)(C)C)C(=O)O. The maximum atomic E-state index is 12.8. The molecule has 1 N–H and O–H groups in total. The van der Waals surface area contributed by atoms with Gasteiger partial charge in [0.1, 0.15) is 13.2 Å². The zero-order chi connectivity index (χ0) is 53.4. The van der Waals surface area contributed by atoms with Crippen LogP contribution in [-0.4, -0.2) is 87.4 Å². The van der Waals surface area contributed by atoms with Crippen molar-refractivity contribution in [3.63, 3.8) is 0 Å². The number of carbonyl (C=O) groups is 3. The number of aliphatic carboxylic acids is 1. The minimum Gasteiger partial charge on any atom is -0.477 e. The summed E-state index contributed by atoms with van der Waals surface area (Å²) in [5.41, 5.74) is 0. The molecule has 9 nitrogen and oxygen atoms in total. The van der Waals surface area contributed by atoms with Crippen LogP contribution < -0.4 is 0 Å². The lowest BCUT2D eigenvalue weighted by Crippen LogP contribution is -2.40. The summed E-state index contributed by atoms with van der Waals surface area (Å²) in [7, 11) is 5.96. The van der Waals surface area contributed by atoms with Crippen LogP contribution in [0.4, 0.5) is 0 Å². The highest BCUT2D eigenvalue weighted by Crippen LogP contribution is 2.17. The number of quaternary nitrogens is 1. The number of carbonyl (C=O) groups excluding carboxylic acids is 2. The van der Waals surface area contributed by atoms with Crippen molar-refractivity contribution in [2.75, 3.05) is 47.5 Å². The molecule has 0 radical (unpaired) electrons. The van der Waals surface area contributed by atoms with Crippen molar-refractivity contribution < 1.29 is 42.9 Å². The smallest absolute Gasteiger partial charge is 0.361 e. The third-order valence-corrected chi connectivity index (χ3v) is 13.3. The van der Waals surface area contributed by atoms with E-state index in [9.17, 15) is 19.5 Å². The number of hydrogen-bond donors (Lipinski definition) is 1. The summed E-state index contributed by atoms with van der Waals surface area (Å²) in [6.07, 6.45) is 67.6. The highest BCUT2D eigenvalue weighted by Gasteiger charge is 2.25. The molecule has 0 aliphatic rings. The number of unbranched alkanes of at least 4 members (excludes halogenated alkanes) is 31. The summed E-state index contributed by atoms with van der Waals surface area (Å²) in [4.78, 5) is 37.4. The number of likely N-dealkylation sites (N-methyl/N-ethyl adjacent to an activating group) is 1. The molecule has 0 amide bonds. The normalized spacial score (nSPS) is 13.2. The van der Waals surface area contributed by atoms with E-state index < -0.39 is 24.3 Å². The molecule has 0 aromatic rings. The first-order valence-corrected chi connectivity index (χ1v) is 30.5. The van der Waals surface area contributed by atoms with E-state index in [0.717, 1.165) is 77.0 Å². The first kappa shape index (κ1) is 70.0. The summed E-state index contributed by atoms with van der Waals surface area (Å²) >= 11 is 0. The largest absolute Gasteiger partial charge is 0.477 e. The predicted octanol–water partition coefficient (Wildman–Crippen LogP) is 18.0. The molecule has 0 aliphatic carbocycles. The Morgan fingerprint density at radius 3 is 1.16 bits per heavy atom. The molecule has 2 unspecified atom stereocenters. The number of carboxylic acid groups (broad SMARTS) is 1. The Morgan fingerprint density at radius 1 is 0.425 bits per heavy atom. The predicted molar refractivity (Wildman–Crippen MR) is 309 cm³/mol. The summed E-state index contributed by atoms with van der Waals surface area (Å²) < 4.78 is 22.9. The van der Waals surface area contributed by atoms with Gasteiger partial charge in [-0.05, 0) is 77.0 Å². The fourth-order valence-corrected chi connectivity index (χ4v) is 8.59. The van der Waals surface area contributed by atoms with Crippen molar-refractivity contribution in [2.24, 2.45) is 0 Å². The van der Waals surface area contributed by atoms with Crippen LogP contribution in [-0.2, 0) is 33.3 Å². The number of hydrogen-bond acceptors (Lipinski definition) is 7. The minimum atomic E-state index is -1.52. The third kappa shape index (κ3) is 56.6. The van der Waals surface area contributed by atoms with Gasteiger partial charge in [0.05, 0.1) is 34.4 Å². The highest BCUT2D eigenvalue weighted by molar-refractivity contribution is 5.71. The first-order valence-electron chi connectivity index (χ1n) is 30.5. The fraction of sp³-hybridized carbons (Fsp3) is 0.797. The van der Waals surface area contributed by atoms with Crippen molar-refractivity contribution >= 4 is 17.9 Å². The second-order valence-corrected chi connectivity index (χ2v) is 21.6. The molecular weight excluding hydrogens is 911 g/mol. The Bertz CT molecular complexity index is 1380. The molecule has 0 aliphatic heterocycles. The molecule has 0 spiro atoms. The number of carboxylic acids is 1. The molecule has 2 atom stereocenters. The van der Waals surface area contributed by atoms with Crippen LogP contribution in [0.3, 0.4) is 0 Å². The second-order valence-electron chi connectivity index (χ2n) is 21.6. The number of allylic oxidation sites excluding steroid dienone is 10. The van der Waals surface area contributed by atoms with E-state index in [2.05, 4.69) is 74.6 Å². The Hall–Kier alpha value is -3.01.